The van der Waals surface area contributed by atoms with Gasteiger partial charge in [-0.25, -0.2) is 0 Å². The molecule has 0 amide bonds. The van der Waals surface area contributed by atoms with Crippen molar-refractivity contribution in [2.45, 2.75) is 51.4 Å². The second kappa shape index (κ2) is 11.9. The van der Waals surface area contributed by atoms with Crippen LogP contribution in [0.3, 0.4) is 0 Å². The lowest BCUT2D eigenvalue weighted by atomic mass is 10.1. The van der Waals surface area contributed by atoms with Crippen LogP contribution >= 0.6 is 24.0 Å². The summed E-state index contributed by atoms with van der Waals surface area (Å²) in [6.07, 6.45) is 10.4. The highest BCUT2D eigenvalue weighted by molar-refractivity contribution is 8.22. The molecule has 0 radical (unpaired) electrons. The zero-order valence-electron chi connectivity index (χ0n) is 11.6. The molecule has 0 aliphatic rings. The van der Waals surface area contributed by atoms with Gasteiger partial charge in [-0.15, -0.1) is 11.8 Å². The van der Waals surface area contributed by atoms with Crippen LogP contribution in [0.2, 0.25) is 0 Å². The molecule has 114 valence electrons. The van der Waals surface area contributed by atoms with Crippen molar-refractivity contribution in [2.75, 3.05) is 18.6 Å². The average molecular weight is 328 g/mol. The molecule has 0 bridgehead atoms. The zero-order valence-corrected chi connectivity index (χ0v) is 14.0. The predicted molar refractivity (Wildman–Crippen MR) is 87.5 cm³/mol. The van der Waals surface area contributed by atoms with E-state index in [1.807, 2.05) is 6.26 Å². The number of rotatable bonds is 11. The van der Waals surface area contributed by atoms with Crippen LogP contribution in [0.15, 0.2) is 0 Å². The molecule has 0 aliphatic heterocycles. The Morgan fingerprint density at radius 2 is 1.53 bits per heavy atom. The molecule has 0 heterocycles. The highest BCUT2D eigenvalue weighted by atomic mass is 32.2. The van der Waals surface area contributed by atoms with E-state index in [0.717, 1.165) is 36.5 Å². The summed E-state index contributed by atoms with van der Waals surface area (Å²) in [6.45, 7) is 0.952. The number of hydrogen-bond donors (Lipinski definition) is 2. The maximum atomic E-state index is 10.5. The van der Waals surface area contributed by atoms with E-state index in [2.05, 4.69) is 5.32 Å². The Morgan fingerprint density at radius 1 is 1.05 bits per heavy atom. The summed E-state index contributed by atoms with van der Waals surface area (Å²) in [5.41, 5.74) is 0. The van der Waals surface area contributed by atoms with E-state index in [-0.39, 0.29) is 5.75 Å². The minimum atomic E-state index is -3.76. The highest BCUT2D eigenvalue weighted by Gasteiger charge is 2.02. The monoisotopic (exact) mass is 327 g/mol. The van der Waals surface area contributed by atoms with Crippen molar-refractivity contribution < 1.29 is 13.0 Å². The molecule has 0 aromatic heterocycles. The zero-order chi connectivity index (χ0) is 14.6. The molecular weight excluding hydrogens is 302 g/mol. The van der Waals surface area contributed by atoms with E-state index >= 15 is 0 Å². The van der Waals surface area contributed by atoms with Crippen LogP contribution in [0.5, 0.6) is 0 Å². The van der Waals surface area contributed by atoms with Crippen LogP contribution in [0.4, 0.5) is 0 Å². The number of thiocarbonyl (C=S) groups is 1. The maximum absolute atomic E-state index is 10.5. The normalized spacial score (nSPS) is 11.5. The fraction of sp³-hybridized carbons (Fsp3) is 0.917. The van der Waals surface area contributed by atoms with Crippen LogP contribution in [0, 0.1) is 0 Å². The molecule has 0 aliphatic carbocycles. The average Bonchev–Trinajstić information content (AvgIpc) is 2.34. The van der Waals surface area contributed by atoms with Gasteiger partial charge in [0.25, 0.3) is 10.1 Å². The Kier molecular flexibility index (Phi) is 12.0. The summed E-state index contributed by atoms with van der Waals surface area (Å²) in [5.74, 6) is -0.103. The minimum absolute atomic E-state index is 0.103. The predicted octanol–water partition coefficient (Wildman–Crippen LogP) is 3.23. The molecule has 0 saturated heterocycles. The summed E-state index contributed by atoms with van der Waals surface area (Å²) < 4.78 is 30.4. The van der Waals surface area contributed by atoms with Gasteiger partial charge in [0.05, 0.1) is 5.75 Å². The third-order valence-electron chi connectivity index (χ3n) is 2.78. The standard InChI is InChI=1S/C12H25NO3S3/c1-18-12(17)13-10-8-6-4-2-3-5-7-9-11-19(14,15)16/h2-11H2,1H3,(H,13,17)(H,14,15,16). The summed E-state index contributed by atoms with van der Waals surface area (Å²) in [6, 6.07) is 0. The lowest BCUT2D eigenvalue weighted by Crippen LogP contribution is -2.18. The molecule has 2 N–H and O–H groups in total. The SMILES string of the molecule is CSC(=S)NCCCCCCCCCCS(=O)(=O)O. The first-order valence-corrected chi connectivity index (χ1v) is 9.97. The first kappa shape index (κ1) is 19.1. The van der Waals surface area contributed by atoms with Gasteiger partial charge in [-0.05, 0) is 19.1 Å². The second-order valence-corrected chi connectivity index (χ2v) is 7.59. The van der Waals surface area contributed by atoms with Crippen molar-refractivity contribution in [3.8, 4) is 0 Å². The summed E-state index contributed by atoms with van der Waals surface area (Å²) >= 11 is 6.60. The number of hydrogen-bond acceptors (Lipinski definition) is 4. The molecule has 19 heavy (non-hydrogen) atoms. The van der Waals surface area contributed by atoms with Crippen LogP contribution < -0.4 is 5.32 Å². The molecular formula is C12H25NO3S3. The largest absolute Gasteiger partial charge is 0.371 e. The van der Waals surface area contributed by atoms with Crippen molar-refractivity contribution in [1.82, 2.24) is 5.32 Å². The van der Waals surface area contributed by atoms with Gasteiger partial charge < -0.3 is 5.32 Å². The number of nitrogens with one attached hydrogen (secondary N) is 1. The van der Waals surface area contributed by atoms with Gasteiger partial charge >= 0.3 is 0 Å². The molecule has 0 rings (SSSR count). The van der Waals surface area contributed by atoms with Crippen molar-refractivity contribution in [2.24, 2.45) is 0 Å². The van der Waals surface area contributed by atoms with E-state index in [1.165, 1.54) is 19.3 Å². The number of unbranched alkanes of at least 4 members (excludes halogenated alkanes) is 7. The summed E-state index contributed by atoms with van der Waals surface area (Å²) in [7, 11) is -3.76. The molecule has 4 nitrogen and oxygen atoms in total. The van der Waals surface area contributed by atoms with E-state index < -0.39 is 10.1 Å². The Balaban J connectivity index is 3.13. The first-order chi connectivity index (χ1) is 8.95. The van der Waals surface area contributed by atoms with Gasteiger partial charge in [0.2, 0.25) is 0 Å². The molecule has 7 heteroatoms. The summed E-state index contributed by atoms with van der Waals surface area (Å²) in [4.78, 5) is 0. The van der Waals surface area contributed by atoms with Crippen molar-refractivity contribution in [1.29, 1.82) is 0 Å². The molecule has 0 aromatic carbocycles. The van der Waals surface area contributed by atoms with Gasteiger partial charge in [0, 0.05) is 6.54 Å². The molecule has 0 spiro atoms. The van der Waals surface area contributed by atoms with Crippen LogP contribution in [-0.4, -0.2) is 35.8 Å². The Bertz CT molecular complexity index is 331. The maximum Gasteiger partial charge on any atom is 0.264 e. The topological polar surface area (TPSA) is 66.4 Å². The van der Waals surface area contributed by atoms with Crippen molar-refractivity contribution in [3.63, 3.8) is 0 Å². The second-order valence-electron chi connectivity index (χ2n) is 4.53. The van der Waals surface area contributed by atoms with Gasteiger partial charge in [0.15, 0.2) is 0 Å². The third-order valence-corrected chi connectivity index (χ3v) is 4.75. The molecule has 0 aromatic rings. The Labute approximate surface area is 126 Å². The van der Waals surface area contributed by atoms with Gasteiger partial charge in [0.1, 0.15) is 4.32 Å². The lowest BCUT2D eigenvalue weighted by Gasteiger charge is -2.05. The minimum Gasteiger partial charge on any atom is -0.371 e. The molecule has 0 atom stereocenters. The third kappa shape index (κ3) is 16.1. The first-order valence-electron chi connectivity index (χ1n) is 6.72. The van der Waals surface area contributed by atoms with E-state index in [4.69, 9.17) is 16.8 Å². The molecule has 0 fully saturated rings. The van der Waals surface area contributed by atoms with Crippen LogP contribution in [-0.2, 0) is 10.1 Å². The molecule has 0 unspecified atom stereocenters. The van der Waals surface area contributed by atoms with E-state index in [1.54, 1.807) is 11.8 Å². The highest BCUT2D eigenvalue weighted by Crippen LogP contribution is 2.09. The molecule has 0 saturated carbocycles. The quantitative estimate of drug-likeness (QED) is 0.345. The smallest absolute Gasteiger partial charge is 0.264 e. The van der Waals surface area contributed by atoms with Crippen molar-refractivity contribution >= 4 is 38.4 Å². The Hall–Kier alpha value is 0.150. The van der Waals surface area contributed by atoms with Gasteiger partial charge in [-0.1, -0.05) is 50.7 Å². The lowest BCUT2D eigenvalue weighted by molar-refractivity contribution is 0.478. The van der Waals surface area contributed by atoms with Gasteiger partial charge in [-0.3, -0.25) is 4.55 Å². The van der Waals surface area contributed by atoms with Crippen molar-refractivity contribution in [3.05, 3.63) is 0 Å². The fourth-order valence-corrected chi connectivity index (χ4v) is 2.65. The van der Waals surface area contributed by atoms with Crippen LogP contribution in [0.1, 0.15) is 51.4 Å². The summed E-state index contributed by atoms with van der Waals surface area (Å²) in [5, 5.41) is 3.18. The Morgan fingerprint density at radius 3 is 2.00 bits per heavy atom. The van der Waals surface area contributed by atoms with Gasteiger partial charge in [-0.2, -0.15) is 8.42 Å². The van der Waals surface area contributed by atoms with Crippen LogP contribution in [0.25, 0.3) is 0 Å². The van der Waals surface area contributed by atoms with E-state index in [9.17, 15) is 8.42 Å². The van der Waals surface area contributed by atoms with E-state index in [0.29, 0.717) is 6.42 Å². The number of thioether (sulfide) groups is 1. The fourth-order valence-electron chi connectivity index (χ4n) is 1.73.